The third kappa shape index (κ3) is 15.8. The number of rotatable bonds is 13. The normalized spacial score (nSPS) is 12.3. The van der Waals surface area contributed by atoms with Crippen molar-refractivity contribution in [3.63, 3.8) is 0 Å². The van der Waals surface area contributed by atoms with Crippen LogP contribution in [0.25, 0.3) is 33.8 Å². The van der Waals surface area contributed by atoms with E-state index in [1.165, 1.54) is 30.3 Å². The number of anilines is 3. The van der Waals surface area contributed by atoms with Crippen LogP contribution in [0.3, 0.4) is 0 Å². The Morgan fingerprint density at radius 2 is 1.07 bits per heavy atom. The van der Waals surface area contributed by atoms with E-state index in [9.17, 15) is 27.6 Å². The van der Waals surface area contributed by atoms with Crippen LogP contribution in [0.15, 0.2) is 133 Å². The average molecular weight is 969 g/mol. The lowest BCUT2D eigenvalue weighted by atomic mass is 10.1. The summed E-state index contributed by atoms with van der Waals surface area (Å²) in [5.41, 5.74) is 21.7. The average Bonchev–Trinajstić information content (AvgIpc) is 3.36. The van der Waals surface area contributed by atoms with Crippen molar-refractivity contribution in [1.82, 2.24) is 29.9 Å². The van der Waals surface area contributed by atoms with E-state index in [4.69, 9.17) is 17.2 Å². The largest absolute Gasteiger partial charge is 0.573 e. The Bertz CT molecular complexity index is 2880. The quantitative estimate of drug-likeness (QED) is 0.0846. The monoisotopic (exact) mass is 968 g/mol. The second-order valence-electron chi connectivity index (χ2n) is 17.2. The first kappa shape index (κ1) is 51.9. The van der Waals surface area contributed by atoms with Gasteiger partial charge < -0.3 is 37.1 Å². The molecule has 8 rings (SSSR count). The van der Waals surface area contributed by atoms with Gasteiger partial charge in [-0.1, -0.05) is 91.0 Å². The Morgan fingerprint density at radius 1 is 0.606 bits per heavy atom. The zero-order valence-electron chi connectivity index (χ0n) is 39.7. The third-order valence-electron chi connectivity index (χ3n) is 10.4. The number of hydrogen-bond donors (Lipinski definition) is 4. The maximum absolute atomic E-state index is 12.3. The molecule has 1 fully saturated rings. The molecule has 0 aliphatic carbocycles. The molecule has 3 amide bonds. The fraction of sp³-hybridized carbons (Fsp3) is 0.250. The predicted octanol–water partition coefficient (Wildman–Crippen LogP) is 8.85. The number of benzene rings is 4. The minimum absolute atomic E-state index is 0.0613. The van der Waals surface area contributed by atoms with Gasteiger partial charge in [-0.2, -0.15) is 0 Å². The van der Waals surface area contributed by atoms with Crippen LogP contribution in [-0.2, 0) is 6.54 Å². The van der Waals surface area contributed by atoms with E-state index in [-0.39, 0.29) is 28.4 Å². The zero-order valence-corrected chi connectivity index (χ0v) is 39.7. The number of nitrogens with one attached hydrogen (secondary N) is 1. The highest BCUT2D eigenvalue weighted by Gasteiger charge is 2.31. The fourth-order valence-electron chi connectivity index (χ4n) is 7.08. The van der Waals surface area contributed by atoms with Crippen LogP contribution in [0, 0.1) is 0 Å². The summed E-state index contributed by atoms with van der Waals surface area (Å²) in [6.07, 6.45) is -1.62. The smallest absolute Gasteiger partial charge is 0.406 e. The number of primary amides is 3. The maximum Gasteiger partial charge on any atom is 0.573 e. The van der Waals surface area contributed by atoms with Gasteiger partial charge in [-0.05, 0) is 95.0 Å². The second-order valence-corrected chi connectivity index (χ2v) is 17.2. The summed E-state index contributed by atoms with van der Waals surface area (Å²) in [6.45, 7) is 10.9. The summed E-state index contributed by atoms with van der Waals surface area (Å²) in [5, 5.41) is 3.16. The van der Waals surface area contributed by atoms with Crippen molar-refractivity contribution in [2.24, 2.45) is 17.2 Å². The van der Waals surface area contributed by atoms with E-state index in [2.05, 4.69) is 52.1 Å². The summed E-state index contributed by atoms with van der Waals surface area (Å²) >= 11 is 0. The van der Waals surface area contributed by atoms with Crippen molar-refractivity contribution in [2.45, 2.75) is 65.4 Å². The molecule has 368 valence electrons. The molecular formula is C52H55F3N12O4. The summed E-state index contributed by atoms with van der Waals surface area (Å²) < 4.78 is 40.7. The number of ether oxygens (including phenoxy) is 1. The number of carbonyl (C=O) groups excluding carboxylic acids is 3. The molecule has 7 N–H and O–H groups in total. The van der Waals surface area contributed by atoms with Crippen molar-refractivity contribution in [3.8, 4) is 39.5 Å². The number of nitrogens with zero attached hydrogens (tertiary/aromatic N) is 8. The molecule has 0 unspecified atom stereocenters. The predicted molar refractivity (Wildman–Crippen MR) is 267 cm³/mol. The molecule has 16 nitrogen and oxygen atoms in total. The number of alkyl halides is 3. The van der Waals surface area contributed by atoms with Crippen LogP contribution in [-0.4, -0.2) is 79.2 Å². The fourth-order valence-corrected chi connectivity index (χ4v) is 7.08. The molecular weight excluding hydrogens is 914 g/mol. The lowest BCUT2D eigenvalue weighted by Crippen LogP contribution is -2.31. The van der Waals surface area contributed by atoms with Crippen LogP contribution in [0.2, 0.25) is 0 Å². The Morgan fingerprint density at radius 3 is 1.56 bits per heavy atom. The Hall–Kier alpha value is -8.48. The van der Waals surface area contributed by atoms with Crippen LogP contribution < -0.4 is 37.1 Å². The first-order valence-corrected chi connectivity index (χ1v) is 22.7. The number of nitrogens with two attached hydrogens (primary N) is 3. The van der Waals surface area contributed by atoms with Gasteiger partial charge in [0.2, 0.25) is 17.8 Å². The molecule has 1 aliphatic heterocycles. The van der Waals surface area contributed by atoms with E-state index < -0.39 is 24.1 Å². The summed E-state index contributed by atoms with van der Waals surface area (Å²) in [6, 6.07) is 39.3. The van der Waals surface area contributed by atoms with Gasteiger partial charge in [0.15, 0.2) is 0 Å². The first-order valence-electron chi connectivity index (χ1n) is 22.7. The standard InChI is InChI=1S/C20H20N4O.C17H17F3N4O2.C15H18N4O/c1-2-24(14-15-9-5-3-6-10-15)20-22-17(13-18(23-20)19(21)25)16-11-7-4-8-12-16;18-17(19,20)26-12-6-4-11(5-7-12)13-10-14(15(21)25)23-16(22-13)24-8-2-1-3-9-24;1-15(2,3)19-14-17-11(9-12(18-14)13(16)20)10-7-5-4-6-8-10/h3-13H,2,14H2,1H3,(H2,21,25);4-7,10H,1-3,8-9H2,(H2,21,25);4-9H,1-3H3,(H2,16,20)(H,17,18,19). The number of carbonyl (C=O) groups is 3. The molecule has 0 saturated carbocycles. The zero-order chi connectivity index (χ0) is 51.1. The highest BCUT2D eigenvalue weighted by molar-refractivity contribution is 5.93. The number of aromatic nitrogens is 6. The Balaban J connectivity index is 0.000000176. The minimum Gasteiger partial charge on any atom is -0.406 e. The molecule has 0 atom stereocenters. The molecule has 71 heavy (non-hydrogen) atoms. The van der Waals surface area contributed by atoms with Gasteiger partial charge in [-0.3, -0.25) is 14.4 Å². The number of amides is 3. The SMILES string of the molecule is CC(C)(C)Nc1nc(C(N)=O)cc(-c2ccccc2)n1.CCN(Cc1ccccc1)c1nc(C(N)=O)cc(-c2ccccc2)n1.NC(=O)c1cc(-c2ccc(OC(F)(F)F)cc2)nc(N2CCCCC2)n1. The van der Waals surface area contributed by atoms with Gasteiger partial charge in [-0.15, -0.1) is 13.2 Å². The van der Waals surface area contributed by atoms with E-state index in [0.29, 0.717) is 53.6 Å². The van der Waals surface area contributed by atoms with E-state index in [1.54, 1.807) is 12.1 Å². The molecule has 0 radical (unpaired) electrons. The molecule has 7 aromatic rings. The number of hydrogen-bond acceptors (Lipinski definition) is 13. The van der Waals surface area contributed by atoms with Gasteiger partial charge in [0.25, 0.3) is 17.7 Å². The van der Waals surface area contributed by atoms with Crippen molar-refractivity contribution < 1.29 is 32.3 Å². The minimum atomic E-state index is -4.75. The van der Waals surface area contributed by atoms with Gasteiger partial charge in [-0.25, -0.2) is 29.9 Å². The Labute approximate surface area is 409 Å². The molecule has 3 aromatic heterocycles. The second kappa shape index (κ2) is 23.7. The van der Waals surface area contributed by atoms with Crippen molar-refractivity contribution >= 4 is 35.6 Å². The van der Waals surface area contributed by atoms with E-state index in [1.807, 2.05) is 116 Å². The third-order valence-corrected chi connectivity index (χ3v) is 10.4. The van der Waals surface area contributed by atoms with Gasteiger partial charge in [0.1, 0.15) is 22.8 Å². The molecule has 4 heterocycles. The summed E-state index contributed by atoms with van der Waals surface area (Å²) in [7, 11) is 0. The van der Waals surface area contributed by atoms with Crippen molar-refractivity contribution in [1.29, 1.82) is 0 Å². The van der Waals surface area contributed by atoms with Crippen LogP contribution >= 0.6 is 0 Å². The molecule has 4 aromatic carbocycles. The van der Waals surface area contributed by atoms with Gasteiger partial charge in [0, 0.05) is 48.4 Å². The van der Waals surface area contributed by atoms with Crippen LogP contribution in [0.5, 0.6) is 5.75 Å². The molecule has 0 spiro atoms. The maximum atomic E-state index is 12.3. The highest BCUT2D eigenvalue weighted by Crippen LogP contribution is 2.28. The van der Waals surface area contributed by atoms with Gasteiger partial charge in [0.05, 0.1) is 17.1 Å². The van der Waals surface area contributed by atoms with E-state index in [0.717, 1.165) is 49.0 Å². The molecule has 1 aliphatic rings. The summed E-state index contributed by atoms with van der Waals surface area (Å²) in [4.78, 5) is 65.0. The Kier molecular flexibility index (Phi) is 17.3. The highest BCUT2D eigenvalue weighted by atomic mass is 19.4. The van der Waals surface area contributed by atoms with Crippen molar-refractivity contribution in [3.05, 3.63) is 156 Å². The molecule has 0 bridgehead atoms. The summed E-state index contributed by atoms with van der Waals surface area (Å²) in [5.74, 6) is -0.857. The lowest BCUT2D eigenvalue weighted by molar-refractivity contribution is -0.274. The lowest BCUT2D eigenvalue weighted by Gasteiger charge is -2.27. The van der Waals surface area contributed by atoms with E-state index >= 15 is 0 Å². The van der Waals surface area contributed by atoms with Crippen LogP contribution in [0.1, 0.15) is 84.0 Å². The molecule has 1 saturated heterocycles. The number of halogens is 3. The van der Waals surface area contributed by atoms with Crippen LogP contribution in [0.4, 0.5) is 31.0 Å². The molecule has 19 heteroatoms. The first-order chi connectivity index (χ1) is 33.8. The van der Waals surface area contributed by atoms with Gasteiger partial charge >= 0.3 is 6.36 Å². The topological polar surface area (TPSA) is 234 Å². The van der Waals surface area contributed by atoms with Crippen molar-refractivity contribution in [2.75, 3.05) is 34.8 Å². The number of piperidine rings is 1.